The summed E-state index contributed by atoms with van der Waals surface area (Å²) in [5.41, 5.74) is 0.579. The van der Waals surface area contributed by atoms with Gasteiger partial charge in [0.15, 0.2) is 5.78 Å². The molecule has 1 N–H and O–H groups in total. The average molecular weight is 646 g/mol. The SMILES string of the molecule is C[C@H]1CCN(C(=O)c2cc(C3CC3)c(OCC3CCN([C@@H](c4cc(Cl)cc(Cl)c4)C(F)(F)F)CC3)cc2F)[C@@H]1C(=O)CO. The zero-order valence-electron chi connectivity index (χ0n) is 23.7. The van der Waals surface area contributed by atoms with E-state index in [9.17, 15) is 27.9 Å². The van der Waals surface area contributed by atoms with Gasteiger partial charge < -0.3 is 14.7 Å². The number of amides is 1. The van der Waals surface area contributed by atoms with Crippen LogP contribution in [-0.4, -0.2) is 71.7 Å². The molecular formula is C31H34Cl2F4N2O4. The molecule has 5 rings (SSSR count). The van der Waals surface area contributed by atoms with Crippen molar-refractivity contribution >= 4 is 34.9 Å². The summed E-state index contributed by atoms with van der Waals surface area (Å²) in [7, 11) is 0. The highest BCUT2D eigenvalue weighted by atomic mass is 35.5. The first-order valence-electron chi connectivity index (χ1n) is 14.5. The molecule has 0 unspecified atom stereocenters. The lowest BCUT2D eigenvalue weighted by Crippen LogP contribution is -2.44. The van der Waals surface area contributed by atoms with E-state index in [0.29, 0.717) is 31.6 Å². The summed E-state index contributed by atoms with van der Waals surface area (Å²) in [6.07, 6.45) is -1.31. The average Bonchev–Trinajstić information content (AvgIpc) is 3.71. The molecule has 1 amide bonds. The van der Waals surface area contributed by atoms with Gasteiger partial charge in [-0.15, -0.1) is 0 Å². The number of ether oxygens (including phenoxy) is 1. The molecule has 234 valence electrons. The first-order valence-corrected chi connectivity index (χ1v) is 15.3. The van der Waals surface area contributed by atoms with Gasteiger partial charge in [0.25, 0.3) is 5.91 Å². The molecule has 0 radical (unpaired) electrons. The molecule has 2 heterocycles. The van der Waals surface area contributed by atoms with Gasteiger partial charge in [-0.25, -0.2) is 4.39 Å². The maximum atomic E-state index is 15.4. The minimum Gasteiger partial charge on any atom is -0.493 e. The highest BCUT2D eigenvalue weighted by Crippen LogP contribution is 2.46. The number of rotatable bonds is 9. The normalized spacial score (nSPS) is 22.6. The summed E-state index contributed by atoms with van der Waals surface area (Å²) >= 11 is 12.0. The number of likely N-dealkylation sites (tertiary alicyclic amines) is 2. The van der Waals surface area contributed by atoms with Crippen molar-refractivity contribution in [3.05, 3.63) is 62.9 Å². The number of nitrogens with zero attached hydrogens (tertiary/aromatic N) is 2. The van der Waals surface area contributed by atoms with Crippen LogP contribution < -0.4 is 4.74 Å². The zero-order chi connectivity index (χ0) is 31.1. The van der Waals surface area contributed by atoms with E-state index in [2.05, 4.69) is 0 Å². The van der Waals surface area contributed by atoms with Gasteiger partial charge >= 0.3 is 6.18 Å². The Labute approximate surface area is 257 Å². The number of halogens is 6. The van der Waals surface area contributed by atoms with Gasteiger partial charge in [-0.1, -0.05) is 30.1 Å². The highest BCUT2D eigenvalue weighted by molar-refractivity contribution is 6.34. The second-order valence-corrected chi connectivity index (χ2v) is 12.8. The molecular weight excluding hydrogens is 611 g/mol. The Hall–Kier alpha value is -2.40. The molecule has 2 aromatic carbocycles. The van der Waals surface area contributed by atoms with Crippen molar-refractivity contribution in [3.8, 4) is 5.75 Å². The minimum atomic E-state index is -4.52. The number of carbonyl (C=O) groups is 2. The maximum Gasteiger partial charge on any atom is 0.408 e. The standard InChI is InChI=1S/C31H34Cl2F4N2O4/c1-17-4-9-39(28(17)26(41)15-40)30(42)24-13-23(19-2-3-19)27(14-25(24)34)43-16-18-5-7-38(8-6-18)29(31(35,36)37)20-10-21(32)12-22(33)11-20/h10-14,17-19,28-29,40H,2-9,15-16H2,1H3/t17-,28-,29-/m0/s1. The Balaban J connectivity index is 1.26. The molecule has 6 nitrogen and oxygen atoms in total. The second kappa shape index (κ2) is 12.9. The number of piperidine rings is 1. The number of hydrogen-bond donors (Lipinski definition) is 1. The molecule has 2 saturated heterocycles. The van der Waals surface area contributed by atoms with Gasteiger partial charge in [0.05, 0.1) is 18.2 Å². The van der Waals surface area contributed by atoms with Crippen LogP contribution in [0.1, 0.15) is 72.5 Å². The number of carbonyl (C=O) groups excluding carboxylic acids is 2. The van der Waals surface area contributed by atoms with Crippen LogP contribution in [-0.2, 0) is 4.79 Å². The quantitative estimate of drug-likeness (QED) is 0.304. The van der Waals surface area contributed by atoms with Crippen molar-refractivity contribution in [2.75, 3.05) is 32.8 Å². The van der Waals surface area contributed by atoms with E-state index < -0.39 is 42.4 Å². The van der Waals surface area contributed by atoms with E-state index in [4.69, 9.17) is 27.9 Å². The fraction of sp³-hybridized carbons (Fsp3) is 0.548. The number of benzene rings is 2. The molecule has 43 heavy (non-hydrogen) atoms. The maximum absolute atomic E-state index is 15.4. The van der Waals surface area contributed by atoms with E-state index >= 15 is 4.39 Å². The Morgan fingerprint density at radius 1 is 1.00 bits per heavy atom. The Morgan fingerprint density at radius 3 is 2.23 bits per heavy atom. The summed E-state index contributed by atoms with van der Waals surface area (Å²) in [6, 6.07) is 4.07. The number of alkyl halides is 3. The number of aliphatic hydroxyl groups excluding tert-OH is 1. The largest absolute Gasteiger partial charge is 0.493 e. The molecule has 3 aliphatic rings. The van der Waals surface area contributed by atoms with Crippen LogP contribution in [0.4, 0.5) is 17.6 Å². The monoisotopic (exact) mass is 644 g/mol. The van der Waals surface area contributed by atoms with Crippen LogP contribution in [0.2, 0.25) is 10.0 Å². The van der Waals surface area contributed by atoms with E-state index in [1.54, 1.807) is 0 Å². The van der Waals surface area contributed by atoms with Crippen LogP contribution in [0.15, 0.2) is 30.3 Å². The highest BCUT2D eigenvalue weighted by Gasteiger charge is 2.46. The van der Waals surface area contributed by atoms with Gasteiger partial charge in [0.1, 0.15) is 24.2 Å². The molecule has 1 saturated carbocycles. The van der Waals surface area contributed by atoms with Crippen molar-refractivity contribution < 1.29 is 37.0 Å². The number of ketones is 1. The zero-order valence-corrected chi connectivity index (χ0v) is 25.2. The van der Waals surface area contributed by atoms with Crippen LogP contribution in [0, 0.1) is 17.7 Å². The fourth-order valence-electron chi connectivity index (χ4n) is 6.41. The van der Waals surface area contributed by atoms with E-state index in [-0.39, 0.29) is 58.6 Å². The molecule has 0 bridgehead atoms. The van der Waals surface area contributed by atoms with Crippen LogP contribution in [0.25, 0.3) is 0 Å². The third-order valence-electron chi connectivity index (χ3n) is 8.79. The molecule has 1 aliphatic carbocycles. The van der Waals surface area contributed by atoms with Crippen molar-refractivity contribution in [3.63, 3.8) is 0 Å². The molecule has 12 heteroatoms. The van der Waals surface area contributed by atoms with Gasteiger partial charge in [0.2, 0.25) is 0 Å². The Morgan fingerprint density at radius 2 is 1.65 bits per heavy atom. The van der Waals surface area contributed by atoms with Crippen LogP contribution >= 0.6 is 23.2 Å². The van der Waals surface area contributed by atoms with Crippen LogP contribution in [0.3, 0.4) is 0 Å². The van der Waals surface area contributed by atoms with Crippen molar-refractivity contribution in [2.24, 2.45) is 11.8 Å². The molecule has 2 aromatic rings. The van der Waals surface area contributed by atoms with Crippen molar-refractivity contribution in [1.82, 2.24) is 9.80 Å². The lowest BCUT2D eigenvalue weighted by atomic mass is 9.94. The number of hydrogen-bond acceptors (Lipinski definition) is 5. The molecule has 2 aliphatic heterocycles. The lowest BCUT2D eigenvalue weighted by Gasteiger charge is -2.38. The lowest BCUT2D eigenvalue weighted by molar-refractivity contribution is -0.190. The number of Topliss-reactive ketones (excluding diaryl/α,β-unsaturated/α-hetero) is 1. The van der Waals surface area contributed by atoms with Crippen LogP contribution in [0.5, 0.6) is 5.75 Å². The first kappa shape index (κ1) is 32.0. The topological polar surface area (TPSA) is 70.1 Å². The van der Waals surface area contributed by atoms with Gasteiger partial charge in [-0.2, -0.15) is 13.2 Å². The predicted octanol–water partition coefficient (Wildman–Crippen LogP) is 6.82. The Bertz CT molecular complexity index is 1340. The van der Waals surface area contributed by atoms with Gasteiger partial charge in [-0.3, -0.25) is 14.5 Å². The predicted molar refractivity (Wildman–Crippen MR) is 154 cm³/mol. The minimum absolute atomic E-state index is 0.00526. The third kappa shape index (κ3) is 7.13. The van der Waals surface area contributed by atoms with Crippen molar-refractivity contribution in [1.29, 1.82) is 0 Å². The number of aliphatic hydroxyl groups is 1. The summed E-state index contributed by atoms with van der Waals surface area (Å²) in [5, 5.41) is 9.65. The van der Waals surface area contributed by atoms with Gasteiger partial charge in [0, 0.05) is 22.7 Å². The van der Waals surface area contributed by atoms with Crippen molar-refractivity contribution in [2.45, 2.75) is 63.2 Å². The summed E-state index contributed by atoms with van der Waals surface area (Å²) in [5.74, 6) is -1.55. The smallest absolute Gasteiger partial charge is 0.408 e. The van der Waals surface area contributed by atoms with E-state index in [1.807, 2.05) is 6.92 Å². The molecule has 0 aromatic heterocycles. The summed E-state index contributed by atoms with van der Waals surface area (Å²) in [4.78, 5) is 28.4. The van der Waals surface area contributed by atoms with Gasteiger partial charge in [-0.05, 0) is 98.3 Å². The Kier molecular flexibility index (Phi) is 9.61. The third-order valence-corrected chi connectivity index (χ3v) is 9.23. The summed E-state index contributed by atoms with van der Waals surface area (Å²) < 4.78 is 63.8. The van der Waals surface area contributed by atoms with E-state index in [1.165, 1.54) is 40.1 Å². The molecule has 3 atom stereocenters. The molecule has 3 fully saturated rings. The second-order valence-electron chi connectivity index (χ2n) is 11.9. The first-order chi connectivity index (χ1) is 20.4. The summed E-state index contributed by atoms with van der Waals surface area (Å²) in [6.45, 7) is 2.01. The van der Waals surface area contributed by atoms with E-state index in [0.717, 1.165) is 18.4 Å². The fourth-order valence-corrected chi connectivity index (χ4v) is 6.96. The molecule has 0 spiro atoms.